The zero-order valence-electron chi connectivity index (χ0n) is 13.9. The number of hydrogen-bond acceptors (Lipinski definition) is 1. The van der Waals surface area contributed by atoms with Crippen LogP contribution in [0.2, 0.25) is 0 Å². The van der Waals surface area contributed by atoms with Gasteiger partial charge in [-0.2, -0.15) is 0 Å². The highest BCUT2D eigenvalue weighted by molar-refractivity contribution is 5.44. The van der Waals surface area contributed by atoms with Crippen LogP contribution < -0.4 is 0 Å². The summed E-state index contributed by atoms with van der Waals surface area (Å²) in [6.45, 7) is 4.41. The van der Waals surface area contributed by atoms with Crippen molar-refractivity contribution in [3.63, 3.8) is 0 Å². The molecule has 0 saturated carbocycles. The van der Waals surface area contributed by atoms with Gasteiger partial charge in [-0.3, -0.25) is 0 Å². The Kier molecular flexibility index (Phi) is 6.51. The molecule has 2 aromatic rings. The minimum absolute atomic E-state index is 0.483. The molecular formula is C21H28O. The topological polar surface area (TPSA) is 20.2 Å². The molecule has 1 N–H and O–H groups in total. The Balaban J connectivity index is 2.29. The highest BCUT2D eigenvalue weighted by Gasteiger charge is 2.10. The van der Waals surface area contributed by atoms with Crippen molar-refractivity contribution in [1.29, 1.82) is 0 Å². The predicted molar refractivity (Wildman–Crippen MR) is 94.6 cm³/mol. The Morgan fingerprint density at radius 1 is 0.773 bits per heavy atom. The fraction of sp³-hybridized carbons (Fsp3) is 0.429. The Hall–Kier alpha value is -1.76. The number of aryl methyl sites for hydroxylation is 2. The van der Waals surface area contributed by atoms with Crippen LogP contribution >= 0.6 is 0 Å². The Morgan fingerprint density at radius 3 is 2.05 bits per heavy atom. The van der Waals surface area contributed by atoms with Crippen LogP contribution in [0.25, 0.3) is 0 Å². The van der Waals surface area contributed by atoms with E-state index in [2.05, 4.69) is 50.2 Å². The standard InChI is InChI=1S/C21H28O/c1-3-5-12-18-16-21(22)19(13-6-4-2)15-20(18)14-17-10-8-7-9-11-17/h7-11,15-16,22H,3-6,12-14H2,1-2H3. The minimum atomic E-state index is 0.483. The summed E-state index contributed by atoms with van der Waals surface area (Å²) in [7, 11) is 0. The second-order valence-corrected chi connectivity index (χ2v) is 6.12. The summed E-state index contributed by atoms with van der Waals surface area (Å²) in [6, 6.07) is 14.9. The van der Waals surface area contributed by atoms with Crippen molar-refractivity contribution in [2.24, 2.45) is 0 Å². The van der Waals surface area contributed by atoms with Crippen LogP contribution in [-0.2, 0) is 19.3 Å². The lowest BCUT2D eigenvalue weighted by molar-refractivity contribution is 0.465. The first kappa shape index (κ1) is 16.6. The lowest BCUT2D eigenvalue weighted by atomic mass is 9.92. The summed E-state index contributed by atoms with van der Waals surface area (Å²) >= 11 is 0. The molecule has 0 aliphatic carbocycles. The molecule has 118 valence electrons. The maximum Gasteiger partial charge on any atom is 0.119 e. The van der Waals surface area contributed by atoms with Crippen LogP contribution in [0.5, 0.6) is 5.75 Å². The third-order valence-electron chi connectivity index (χ3n) is 4.24. The van der Waals surface area contributed by atoms with E-state index in [0.717, 1.165) is 37.7 Å². The van der Waals surface area contributed by atoms with Crippen LogP contribution in [0, 0.1) is 0 Å². The Morgan fingerprint density at radius 2 is 1.41 bits per heavy atom. The van der Waals surface area contributed by atoms with Crippen molar-refractivity contribution in [3.05, 3.63) is 64.7 Å². The van der Waals surface area contributed by atoms with Gasteiger partial charge >= 0.3 is 0 Å². The molecule has 0 radical (unpaired) electrons. The first-order valence-corrected chi connectivity index (χ1v) is 8.62. The zero-order chi connectivity index (χ0) is 15.8. The van der Waals surface area contributed by atoms with Crippen LogP contribution in [0.1, 0.15) is 61.8 Å². The van der Waals surface area contributed by atoms with Crippen LogP contribution in [-0.4, -0.2) is 5.11 Å². The van der Waals surface area contributed by atoms with Gasteiger partial charge in [-0.1, -0.05) is 63.1 Å². The van der Waals surface area contributed by atoms with Gasteiger partial charge < -0.3 is 5.11 Å². The largest absolute Gasteiger partial charge is 0.508 e. The fourth-order valence-corrected chi connectivity index (χ4v) is 2.88. The summed E-state index contributed by atoms with van der Waals surface area (Å²) in [6.07, 6.45) is 7.63. The van der Waals surface area contributed by atoms with E-state index in [9.17, 15) is 5.11 Å². The molecule has 0 atom stereocenters. The fourth-order valence-electron chi connectivity index (χ4n) is 2.88. The van der Waals surface area contributed by atoms with Crippen molar-refractivity contribution in [1.82, 2.24) is 0 Å². The maximum atomic E-state index is 10.3. The normalized spacial score (nSPS) is 10.8. The van der Waals surface area contributed by atoms with E-state index in [1.807, 2.05) is 6.07 Å². The first-order chi connectivity index (χ1) is 10.7. The van der Waals surface area contributed by atoms with Gasteiger partial charge in [-0.15, -0.1) is 0 Å². The predicted octanol–water partition coefficient (Wildman–Crippen LogP) is 5.67. The minimum Gasteiger partial charge on any atom is -0.508 e. The molecule has 0 aliphatic rings. The molecule has 2 aromatic carbocycles. The molecule has 0 bridgehead atoms. The number of phenols is 1. The van der Waals surface area contributed by atoms with E-state index in [4.69, 9.17) is 0 Å². The number of aromatic hydroxyl groups is 1. The molecule has 0 heterocycles. The highest BCUT2D eigenvalue weighted by Crippen LogP contribution is 2.27. The van der Waals surface area contributed by atoms with Crippen molar-refractivity contribution in [2.75, 3.05) is 0 Å². The molecule has 0 aliphatic heterocycles. The van der Waals surface area contributed by atoms with E-state index >= 15 is 0 Å². The molecule has 0 amide bonds. The molecule has 0 unspecified atom stereocenters. The van der Waals surface area contributed by atoms with Crippen LogP contribution in [0.3, 0.4) is 0 Å². The number of benzene rings is 2. The van der Waals surface area contributed by atoms with Gasteiger partial charge in [0.2, 0.25) is 0 Å². The van der Waals surface area contributed by atoms with Gasteiger partial charge in [0.15, 0.2) is 0 Å². The van der Waals surface area contributed by atoms with Crippen molar-refractivity contribution >= 4 is 0 Å². The molecule has 1 heteroatoms. The van der Waals surface area contributed by atoms with Crippen LogP contribution in [0.4, 0.5) is 0 Å². The molecule has 0 aromatic heterocycles. The molecule has 0 fully saturated rings. The van der Waals surface area contributed by atoms with Gasteiger partial charge in [0.1, 0.15) is 5.75 Å². The van der Waals surface area contributed by atoms with E-state index < -0.39 is 0 Å². The van der Waals surface area contributed by atoms with Gasteiger partial charge in [-0.05, 0) is 60.4 Å². The Labute approximate surface area is 135 Å². The number of rotatable bonds is 8. The molecule has 22 heavy (non-hydrogen) atoms. The first-order valence-electron chi connectivity index (χ1n) is 8.62. The lowest BCUT2D eigenvalue weighted by Crippen LogP contribution is -1.99. The molecule has 0 spiro atoms. The summed E-state index contributed by atoms with van der Waals surface area (Å²) in [4.78, 5) is 0. The van der Waals surface area contributed by atoms with Gasteiger partial charge in [0, 0.05) is 0 Å². The lowest BCUT2D eigenvalue weighted by Gasteiger charge is -2.14. The molecule has 2 rings (SSSR count). The van der Waals surface area contributed by atoms with Gasteiger partial charge in [0.25, 0.3) is 0 Å². The van der Waals surface area contributed by atoms with E-state index in [-0.39, 0.29) is 0 Å². The number of unbranched alkanes of at least 4 members (excludes halogenated alkanes) is 2. The SMILES string of the molecule is CCCCc1cc(Cc2ccccc2)c(CCCC)cc1O. The summed E-state index contributed by atoms with van der Waals surface area (Å²) in [5.74, 6) is 0.483. The third-order valence-corrected chi connectivity index (χ3v) is 4.24. The summed E-state index contributed by atoms with van der Waals surface area (Å²) < 4.78 is 0. The Bertz CT molecular complexity index is 572. The smallest absolute Gasteiger partial charge is 0.119 e. The second-order valence-electron chi connectivity index (χ2n) is 6.12. The average molecular weight is 296 g/mol. The number of phenolic OH excluding ortho intramolecular Hbond substituents is 1. The van der Waals surface area contributed by atoms with Gasteiger partial charge in [-0.25, -0.2) is 0 Å². The average Bonchev–Trinajstić information content (AvgIpc) is 2.54. The van der Waals surface area contributed by atoms with E-state index in [1.54, 1.807) is 0 Å². The van der Waals surface area contributed by atoms with Crippen molar-refractivity contribution in [2.45, 2.75) is 58.8 Å². The van der Waals surface area contributed by atoms with Crippen LogP contribution in [0.15, 0.2) is 42.5 Å². The summed E-state index contributed by atoms with van der Waals surface area (Å²) in [5, 5.41) is 10.3. The molecular weight excluding hydrogens is 268 g/mol. The van der Waals surface area contributed by atoms with Crippen molar-refractivity contribution in [3.8, 4) is 5.75 Å². The maximum absolute atomic E-state index is 10.3. The van der Waals surface area contributed by atoms with E-state index in [1.165, 1.54) is 29.5 Å². The molecule has 1 nitrogen and oxygen atoms in total. The zero-order valence-corrected chi connectivity index (χ0v) is 13.9. The number of hydrogen-bond donors (Lipinski definition) is 1. The quantitative estimate of drug-likeness (QED) is 0.665. The third kappa shape index (κ3) is 4.62. The highest BCUT2D eigenvalue weighted by atomic mass is 16.3. The second kappa shape index (κ2) is 8.63. The van der Waals surface area contributed by atoms with Crippen molar-refractivity contribution < 1.29 is 5.11 Å². The molecule has 0 saturated heterocycles. The monoisotopic (exact) mass is 296 g/mol. The van der Waals surface area contributed by atoms with E-state index in [0.29, 0.717) is 5.75 Å². The van der Waals surface area contributed by atoms with Gasteiger partial charge in [0.05, 0.1) is 0 Å². The summed E-state index contributed by atoms with van der Waals surface area (Å²) in [5.41, 5.74) is 5.13.